The van der Waals surface area contributed by atoms with E-state index in [0.29, 0.717) is 61.5 Å². The Bertz CT molecular complexity index is 2480. The predicted molar refractivity (Wildman–Crippen MR) is 346 cm³/mol. The first-order valence-corrected chi connectivity index (χ1v) is 28.2. The minimum absolute atomic E-state index is 0. The molecule has 2 N–H and O–H groups in total. The van der Waals surface area contributed by atoms with Crippen molar-refractivity contribution in [2.24, 2.45) is 5.92 Å². The largest absolute Gasteiger partial charge is 0.508 e. The van der Waals surface area contributed by atoms with E-state index in [1.807, 2.05) is 100 Å². The molecule has 0 saturated carbocycles. The summed E-state index contributed by atoms with van der Waals surface area (Å²) in [6, 6.07) is 31.1. The first kappa shape index (κ1) is 87.7. The van der Waals surface area contributed by atoms with E-state index in [1.54, 1.807) is 12.1 Å². The maximum absolute atomic E-state index is 12.0. The molecule has 84 heavy (non-hydrogen) atoms. The number of ether oxygens (including phenoxy) is 4. The molecule has 0 saturated heterocycles. The minimum Gasteiger partial charge on any atom is -0.508 e. The number of esters is 4. The number of halogens is 1. The molecule has 2 atom stereocenters. The average molecular weight is 1230 g/mol. The smallest absolute Gasteiger partial charge is 0.309 e. The summed E-state index contributed by atoms with van der Waals surface area (Å²) in [7, 11) is 1.33. The van der Waals surface area contributed by atoms with Gasteiger partial charge in [-0.2, -0.15) is 5.26 Å². The molecule has 0 aliphatic heterocycles. The molecule has 0 aromatic heterocycles. The number of methoxy groups -OCH3 is 1. The van der Waals surface area contributed by atoms with E-state index < -0.39 is 12.1 Å². The lowest BCUT2D eigenvalue weighted by atomic mass is 9.98. The van der Waals surface area contributed by atoms with Crippen LogP contribution in [0, 0.1) is 37.0 Å². The lowest BCUT2D eigenvalue weighted by molar-refractivity contribution is -0.155. The Labute approximate surface area is 515 Å². The van der Waals surface area contributed by atoms with Gasteiger partial charge in [-0.15, -0.1) is 0 Å². The molecule has 4 aromatic carbocycles. The predicted octanol–water partition coefficient (Wildman–Crippen LogP) is 18.7. The van der Waals surface area contributed by atoms with Crippen molar-refractivity contribution in [3.8, 4) is 11.8 Å². The highest BCUT2D eigenvalue weighted by atomic mass is 79.9. The van der Waals surface area contributed by atoms with E-state index >= 15 is 0 Å². The van der Waals surface area contributed by atoms with Gasteiger partial charge in [-0.1, -0.05) is 170 Å². The highest BCUT2D eigenvalue weighted by Crippen LogP contribution is 2.19. The van der Waals surface area contributed by atoms with Crippen molar-refractivity contribution in [1.29, 1.82) is 5.26 Å². The molecule has 0 fully saturated rings. The van der Waals surface area contributed by atoms with Crippen LogP contribution >= 0.6 is 15.9 Å². The Hall–Kier alpha value is -7.53. The maximum Gasteiger partial charge on any atom is 0.309 e. The number of carboxylic acid groups (broad SMARTS) is 1. The summed E-state index contributed by atoms with van der Waals surface area (Å²) in [5.74, 6) is -1.09. The van der Waals surface area contributed by atoms with Crippen LogP contribution in [0.15, 0.2) is 97.1 Å². The Kier molecular flexibility index (Phi) is 61.2. The van der Waals surface area contributed by atoms with E-state index in [-0.39, 0.29) is 85.5 Å². The number of carboxylic acids is 1. The third-order valence-corrected chi connectivity index (χ3v) is 12.1. The van der Waals surface area contributed by atoms with Crippen molar-refractivity contribution < 1.29 is 53.1 Å². The van der Waals surface area contributed by atoms with Gasteiger partial charge in [0, 0.05) is 31.0 Å². The molecule has 0 bridgehead atoms. The van der Waals surface area contributed by atoms with Crippen LogP contribution in [0.4, 0.5) is 17.1 Å². The van der Waals surface area contributed by atoms with Gasteiger partial charge in [-0.3, -0.25) is 24.0 Å². The highest BCUT2D eigenvalue weighted by Gasteiger charge is 2.19. The molecule has 15 nitrogen and oxygen atoms in total. The molecule has 4 aromatic rings. The quantitative estimate of drug-likeness (QED) is 0.0172. The zero-order chi connectivity index (χ0) is 58.9. The van der Waals surface area contributed by atoms with Gasteiger partial charge < -0.3 is 29.2 Å². The number of carbonyl (C=O) groups excluding carboxylic acids is 4. The monoisotopic (exact) mass is 1230 g/mol. The molecular formula is C68H101BrN4O11. The van der Waals surface area contributed by atoms with Crippen molar-refractivity contribution >= 4 is 62.8 Å². The van der Waals surface area contributed by atoms with Crippen LogP contribution in [-0.2, 0) is 62.2 Å². The molecule has 0 aliphatic rings. The fraction of sp³-hybridized carbons (Fsp3) is 0.515. The van der Waals surface area contributed by atoms with Crippen molar-refractivity contribution in [1.82, 2.24) is 0 Å². The Morgan fingerprint density at radius 1 is 0.548 bits per heavy atom. The minimum atomic E-state index is -0.721. The molecule has 0 aliphatic carbocycles. The summed E-state index contributed by atoms with van der Waals surface area (Å²) in [6.45, 7) is 28.8. The fourth-order valence-corrected chi connectivity index (χ4v) is 7.52. The molecule has 466 valence electrons. The number of phenols is 1. The van der Waals surface area contributed by atoms with Gasteiger partial charge in [0.15, 0.2) is 17.1 Å². The van der Waals surface area contributed by atoms with Crippen molar-refractivity contribution in [2.75, 3.05) is 25.7 Å². The number of hydrogen-bond donors (Lipinski definition) is 2. The molecule has 0 spiro atoms. The van der Waals surface area contributed by atoms with Gasteiger partial charge in [0.25, 0.3) is 0 Å². The second-order valence-electron chi connectivity index (χ2n) is 18.1. The fourth-order valence-electron chi connectivity index (χ4n) is 7.13. The van der Waals surface area contributed by atoms with Crippen molar-refractivity contribution in [3.05, 3.63) is 154 Å². The third-order valence-electron chi connectivity index (χ3n) is 11.6. The summed E-state index contributed by atoms with van der Waals surface area (Å²) in [6.07, 6.45) is 15.6. The van der Waals surface area contributed by atoms with Crippen LogP contribution in [0.5, 0.6) is 5.75 Å². The molecule has 0 radical (unpaired) electrons. The van der Waals surface area contributed by atoms with Gasteiger partial charge in [-0.05, 0) is 127 Å². The number of carbonyl (C=O) groups is 5. The SMILES string of the molecule is C.C.C.C.C.CCC(CC(=O)OC)OC(=O)CC(C)CCCc1ccc(C#N)cc1.CCOC(=O)CCCCCBr.[C-]#[N+]c1ccc(CCCCCC(=O)O)cc1.[C-]#[N+]c1ccc(CCCCCC(=O)OCC)cc1.[C-]#[N+]c1ccc(O)cc1. The second-order valence-corrected chi connectivity index (χ2v) is 18.9. The molecule has 4 rings (SSSR count). The number of aliphatic carboxylic acids is 1. The van der Waals surface area contributed by atoms with E-state index in [0.717, 1.165) is 95.2 Å². The van der Waals surface area contributed by atoms with Crippen LogP contribution < -0.4 is 0 Å². The normalized spacial score (nSPS) is 9.88. The van der Waals surface area contributed by atoms with E-state index in [4.69, 9.17) is 49.4 Å². The van der Waals surface area contributed by atoms with Crippen molar-refractivity contribution in [2.45, 2.75) is 199 Å². The van der Waals surface area contributed by atoms with Gasteiger partial charge in [0.2, 0.25) is 0 Å². The standard InChI is InChI=1S/C20H27NO4.C15H19NO2.C13H15NO2.C8H15BrO2.C7H5NO.5CH4/c1-4-18(13-19(22)24-3)25-20(23)12-15(2)6-5-7-16-8-10-17(14-21)11-9-16;1-3-18-15(17)8-6-4-5-7-13-9-11-14(16-2)12-10-13;1-14-12-9-7-11(8-10-12)5-3-2-4-6-13(15)16;1-2-11-8(10)6-4-3-5-7-9;1-8-6-2-4-7(9)5-3-6;;;;;/h8-11,15,18H,4-7,12-13H2,1-3H3;9-12H,3-8H2,1H3;7-10H,2-6H2,(H,15,16);2-7H2,1H3;2-5,9H;5*1H4. The number of aromatic hydroxyl groups is 1. The second kappa shape index (κ2) is 58.7. The van der Waals surface area contributed by atoms with Crippen molar-refractivity contribution in [3.63, 3.8) is 0 Å². The zero-order valence-electron chi connectivity index (χ0n) is 46.9. The number of rotatable bonds is 29. The first-order chi connectivity index (χ1) is 38.1. The van der Waals surface area contributed by atoms with Crippen LogP contribution in [-0.4, -0.2) is 71.8 Å². The van der Waals surface area contributed by atoms with Gasteiger partial charge in [0.1, 0.15) is 11.9 Å². The summed E-state index contributed by atoms with van der Waals surface area (Å²) in [4.78, 5) is 65.2. The average Bonchev–Trinajstić information content (AvgIpc) is 3.49. The Morgan fingerprint density at radius 3 is 1.31 bits per heavy atom. The van der Waals surface area contributed by atoms with Crippen LogP contribution in [0.1, 0.15) is 196 Å². The van der Waals surface area contributed by atoms with Crippen LogP contribution in [0.25, 0.3) is 14.5 Å². The number of benzene rings is 4. The number of alkyl halides is 1. The number of unbranched alkanes of at least 4 members (excludes halogenated alkanes) is 6. The lowest BCUT2D eigenvalue weighted by Crippen LogP contribution is -2.22. The lowest BCUT2D eigenvalue weighted by Gasteiger charge is -2.17. The summed E-state index contributed by atoms with van der Waals surface area (Å²) < 4.78 is 19.6. The number of nitrogens with zero attached hydrogens (tertiary/aromatic N) is 4. The zero-order valence-corrected chi connectivity index (χ0v) is 48.5. The van der Waals surface area contributed by atoms with Gasteiger partial charge >= 0.3 is 29.8 Å². The number of phenolic OH excluding ortho intramolecular Hbond substituents is 1. The molecule has 16 heteroatoms. The number of aryl methyl sites for hydroxylation is 3. The Balaban J connectivity index is -0.000000232. The molecule has 2 unspecified atom stereocenters. The first-order valence-electron chi connectivity index (χ1n) is 27.0. The van der Waals surface area contributed by atoms with Gasteiger partial charge in [-0.25, -0.2) is 14.5 Å². The molecular weight excluding hydrogens is 1130 g/mol. The van der Waals surface area contributed by atoms with E-state index in [9.17, 15) is 24.0 Å². The topological polar surface area (TPSA) is 200 Å². The number of nitriles is 1. The van der Waals surface area contributed by atoms with Crippen LogP contribution in [0.2, 0.25) is 0 Å². The Morgan fingerprint density at radius 2 is 0.940 bits per heavy atom. The summed E-state index contributed by atoms with van der Waals surface area (Å²) in [5.41, 5.74) is 6.21. The van der Waals surface area contributed by atoms with E-state index in [2.05, 4.69) is 41.3 Å². The van der Waals surface area contributed by atoms with Crippen LogP contribution in [0.3, 0.4) is 0 Å². The summed E-state index contributed by atoms with van der Waals surface area (Å²) in [5, 5.41) is 27.0. The highest BCUT2D eigenvalue weighted by molar-refractivity contribution is 9.09. The molecule has 0 amide bonds. The van der Waals surface area contributed by atoms with E-state index in [1.165, 1.54) is 35.9 Å². The maximum atomic E-state index is 12.0. The molecule has 0 heterocycles. The summed E-state index contributed by atoms with van der Waals surface area (Å²) >= 11 is 3.33. The third kappa shape index (κ3) is 49.1. The van der Waals surface area contributed by atoms with Gasteiger partial charge in [0.05, 0.1) is 58.1 Å². The number of hydrogen-bond acceptors (Lipinski definition) is 11.